The number of rotatable bonds is 5. The van der Waals surface area contributed by atoms with Crippen LogP contribution < -0.4 is 10.6 Å². The topological polar surface area (TPSA) is 121 Å². The Balaban J connectivity index is 1.45. The average molecular weight is 350 g/mol. The third-order valence-electron chi connectivity index (χ3n) is 3.90. The summed E-state index contributed by atoms with van der Waals surface area (Å²) in [7, 11) is -3.02. The zero-order chi connectivity index (χ0) is 17.2. The number of nitrogens with zero attached hydrogens (tertiary/aromatic N) is 1. The summed E-state index contributed by atoms with van der Waals surface area (Å²) in [4.78, 5) is 31.0. The van der Waals surface area contributed by atoms with Crippen molar-refractivity contribution < 1.29 is 18.0 Å². The molecule has 128 valence electrons. The second kappa shape index (κ2) is 6.60. The number of pyridine rings is 1. The number of fused-ring (bicyclic) bond motifs is 1. The van der Waals surface area contributed by atoms with Gasteiger partial charge in [-0.05, 0) is 18.6 Å². The van der Waals surface area contributed by atoms with E-state index < -0.39 is 9.84 Å². The minimum Gasteiger partial charge on any atom is -0.360 e. The van der Waals surface area contributed by atoms with Crippen molar-refractivity contribution in [3.63, 3.8) is 0 Å². The molecule has 1 fully saturated rings. The molecule has 3 heterocycles. The lowest BCUT2D eigenvalue weighted by Crippen LogP contribution is -2.37. The van der Waals surface area contributed by atoms with Gasteiger partial charge in [0.05, 0.1) is 28.1 Å². The number of carbonyl (C=O) groups is 2. The van der Waals surface area contributed by atoms with Crippen LogP contribution in [0, 0.1) is 0 Å². The summed E-state index contributed by atoms with van der Waals surface area (Å²) in [5, 5.41) is 5.34. The number of hydrogen-bond acceptors (Lipinski definition) is 5. The summed E-state index contributed by atoms with van der Waals surface area (Å²) in [6, 6.07) is 3.18. The first-order valence-corrected chi connectivity index (χ1v) is 9.46. The highest BCUT2D eigenvalue weighted by atomic mass is 32.2. The first kappa shape index (κ1) is 16.4. The molecule has 0 spiro atoms. The second-order valence-corrected chi connectivity index (χ2v) is 8.04. The van der Waals surface area contributed by atoms with Crippen LogP contribution in [0.3, 0.4) is 0 Å². The van der Waals surface area contributed by atoms with Crippen LogP contribution in [0.4, 0.5) is 0 Å². The third-order valence-corrected chi connectivity index (χ3v) is 5.66. The van der Waals surface area contributed by atoms with E-state index in [1.807, 2.05) is 6.07 Å². The third kappa shape index (κ3) is 3.91. The van der Waals surface area contributed by atoms with E-state index in [2.05, 4.69) is 20.6 Å². The maximum absolute atomic E-state index is 12.0. The number of hydrogen-bond donors (Lipinski definition) is 3. The van der Waals surface area contributed by atoms with Gasteiger partial charge < -0.3 is 15.6 Å². The highest BCUT2D eigenvalue weighted by Gasteiger charge is 2.28. The predicted molar refractivity (Wildman–Crippen MR) is 88.2 cm³/mol. The molecule has 1 aliphatic rings. The molecule has 8 nitrogen and oxygen atoms in total. The van der Waals surface area contributed by atoms with Crippen molar-refractivity contribution in [1.82, 2.24) is 20.6 Å². The van der Waals surface area contributed by atoms with E-state index in [0.29, 0.717) is 12.0 Å². The highest BCUT2D eigenvalue weighted by Crippen LogP contribution is 2.12. The summed E-state index contributed by atoms with van der Waals surface area (Å²) in [5.41, 5.74) is 1.95. The van der Waals surface area contributed by atoms with Gasteiger partial charge in [0.15, 0.2) is 9.84 Å². The Morgan fingerprint density at radius 1 is 1.38 bits per heavy atom. The number of aromatic amines is 1. The number of sulfone groups is 1. The molecule has 3 rings (SSSR count). The predicted octanol–water partition coefficient (Wildman–Crippen LogP) is -0.0139. The summed E-state index contributed by atoms with van der Waals surface area (Å²) < 4.78 is 22.7. The normalized spacial score (nSPS) is 19.2. The Morgan fingerprint density at radius 3 is 2.96 bits per heavy atom. The second-order valence-electron chi connectivity index (χ2n) is 5.81. The Hall–Kier alpha value is -2.42. The van der Waals surface area contributed by atoms with Gasteiger partial charge >= 0.3 is 0 Å². The molecule has 0 bridgehead atoms. The van der Waals surface area contributed by atoms with Crippen molar-refractivity contribution >= 4 is 32.7 Å². The van der Waals surface area contributed by atoms with Crippen LogP contribution in [-0.4, -0.2) is 54.3 Å². The molecule has 0 radical (unpaired) electrons. The molecule has 0 aliphatic carbocycles. The van der Waals surface area contributed by atoms with E-state index in [4.69, 9.17) is 0 Å². The molecule has 1 saturated heterocycles. The minimum atomic E-state index is -3.02. The molecule has 0 aromatic carbocycles. The maximum Gasteiger partial charge on any atom is 0.252 e. The van der Waals surface area contributed by atoms with E-state index in [-0.39, 0.29) is 42.3 Å². The van der Waals surface area contributed by atoms with E-state index in [0.717, 1.165) is 11.0 Å². The van der Waals surface area contributed by atoms with Crippen LogP contribution in [0.5, 0.6) is 0 Å². The SMILES string of the molecule is O=C(CCNC(=O)c1cnc2cc[nH]c2c1)NC1CCS(=O)(=O)C1. The van der Waals surface area contributed by atoms with Gasteiger partial charge in [0.25, 0.3) is 5.91 Å². The van der Waals surface area contributed by atoms with Gasteiger partial charge in [0.1, 0.15) is 0 Å². The van der Waals surface area contributed by atoms with Crippen LogP contribution in [0.25, 0.3) is 11.0 Å². The first-order valence-electron chi connectivity index (χ1n) is 7.64. The smallest absolute Gasteiger partial charge is 0.252 e. The van der Waals surface area contributed by atoms with Crippen LogP contribution >= 0.6 is 0 Å². The average Bonchev–Trinajstić information content (AvgIpc) is 3.12. The summed E-state index contributed by atoms with van der Waals surface area (Å²) in [6.07, 6.45) is 3.77. The van der Waals surface area contributed by atoms with Crippen molar-refractivity contribution in [1.29, 1.82) is 0 Å². The van der Waals surface area contributed by atoms with Gasteiger partial charge in [-0.15, -0.1) is 0 Å². The first-order chi connectivity index (χ1) is 11.4. The Labute approximate surface area is 139 Å². The van der Waals surface area contributed by atoms with E-state index >= 15 is 0 Å². The molecule has 3 N–H and O–H groups in total. The lowest BCUT2D eigenvalue weighted by molar-refractivity contribution is -0.121. The Kier molecular flexibility index (Phi) is 4.52. The summed E-state index contributed by atoms with van der Waals surface area (Å²) >= 11 is 0. The standard InChI is InChI=1S/C15H18N4O4S/c20-14(19-11-3-6-24(22,23)9-11)2-5-17-15(21)10-7-13-12(18-8-10)1-4-16-13/h1,4,7-8,11,16H,2-3,5-6,9H2,(H,17,21)(H,19,20). The van der Waals surface area contributed by atoms with Crippen LogP contribution in [0.2, 0.25) is 0 Å². The van der Waals surface area contributed by atoms with Gasteiger partial charge in [-0.3, -0.25) is 14.6 Å². The van der Waals surface area contributed by atoms with E-state index in [1.165, 1.54) is 6.20 Å². The minimum absolute atomic E-state index is 0.00701. The molecule has 1 aliphatic heterocycles. The fourth-order valence-electron chi connectivity index (χ4n) is 2.66. The van der Waals surface area contributed by atoms with Gasteiger partial charge in [0.2, 0.25) is 5.91 Å². The quantitative estimate of drug-likeness (QED) is 0.700. The van der Waals surface area contributed by atoms with Gasteiger partial charge in [0, 0.05) is 31.4 Å². The lowest BCUT2D eigenvalue weighted by Gasteiger charge is -2.11. The maximum atomic E-state index is 12.0. The molecule has 2 amide bonds. The molecule has 24 heavy (non-hydrogen) atoms. The van der Waals surface area contributed by atoms with E-state index in [9.17, 15) is 18.0 Å². The number of aromatic nitrogens is 2. The van der Waals surface area contributed by atoms with Gasteiger partial charge in [-0.25, -0.2) is 8.42 Å². The molecule has 9 heteroatoms. The summed E-state index contributed by atoms with van der Waals surface area (Å²) in [5.74, 6) is -0.471. The number of amides is 2. The van der Waals surface area contributed by atoms with Gasteiger partial charge in [-0.2, -0.15) is 0 Å². The van der Waals surface area contributed by atoms with E-state index in [1.54, 1.807) is 12.3 Å². The highest BCUT2D eigenvalue weighted by molar-refractivity contribution is 7.91. The zero-order valence-corrected chi connectivity index (χ0v) is 13.7. The Bertz CT molecular complexity index is 874. The van der Waals surface area contributed by atoms with Crippen LogP contribution in [-0.2, 0) is 14.6 Å². The fraction of sp³-hybridized carbons (Fsp3) is 0.400. The van der Waals surface area contributed by atoms with Crippen molar-refractivity contribution in [3.8, 4) is 0 Å². The van der Waals surface area contributed by atoms with Crippen molar-refractivity contribution in [2.75, 3.05) is 18.1 Å². The molecule has 0 saturated carbocycles. The van der Waals surface area contributed by atoms with Crippen LogP contribution in [0.1, 0.15) is 23.2 Å². The summed E-state index contributed by atoms with van der Waals surface area (Å²) in [6.45, 7) is 0.174. The molecule has 2 aromatic rings. The number of carbonyl (C=O) groups excluding carboxylic acids is 2. The van der Waals surface area contributed by atoms with Crippen LogP contribution in [0.15, 0.2) is 24.5 Å². The molecule has 1 atom stereocenters. The van der Waals surface area contributed by atoms with Gasteiger partial charge in [-0.1, -0.05) is 0 Å². The zero-order valence-electron chi connectivity index (χ0n) is 12.9. The van der Waals surface area contributed by atoms with Crippen molar-refractivity contribution in [2.45, 2.75) is 18.9 Å². The largest absolute Gasteiger partial charge is 0.360 e. The monoisotopic (exact) mass is 350 g/mol. The number of nitrogens with one attached hydrogen (secondary N) is 3. The van der Waals surface area contributed by atoms with Crippen molar-refractivity contribution in [3.05, 3.63) is 30.1 Å². The fourth-order valence-corrected chi connectivity index (χ4v) is 4.33. The Morgan fingerprint density at radius 2 is 2.21 bits per heavy atom. The molecule has 2 aromatic heterocycles. The molecular formula is C15H18N4O4S. The number of H-pyrrole nitrogens is 1. The molecular weight excluding hydrogens is 332 g/mol. The lowest BCUT2D eigenvalue weighted by atomic mass is 10.2. The van der Waals surface area contributed by atoms with Crippen molar-refractivity contribution in [2.24, 2.45) is 0 Å². The molecule has 1 unspecified atom stereocenters.